The van der Waals surface area contributed by atoms with Crippen LogP contribution >= 0.6 is 0 Å². The number of amides is 2. The highest BCUT2D eigenvalue weighted by atomic mass is 19.1. The molecule has 0 fully saturated rings. The zero-order valence-corrected chi connectivity index (χ0v) is 20.6. The molecule has 0 atom stereocenters. The summed E-state index contributed by atoms with van der Waals surface area (Å²) in [7, 11) is 0. The average molecular weight is 474 g/mol. The number of rotatable bonds is 4. The topological polar surface area (TPSA) is 70.7 Å². The number of hydrogen-bond acceptors (Lipinski definition) is 4. The first-order valence-electron chi connectivity index (χ1n) is 11.4. The number of carbonyl (C=O) groups excluding carboxylic acids is 2. The third kappa shape index (κ3) is 6.68. The van der Waals surface area contributed by atoms with Crippen LogP contribution in [0, 0.1) is 17.0 Å². The van der Waals surface area contributed by atoms with E-state index in [1.54, 1.807) is 39.0 Å². The second kappa shape index (κ2) is 9.60. The Balaban J connectivity index is 1.93. The predicted molar refractivity (Wildman–Crippen MR) is 130 cm³/mol. The molecule has 0 radical (unpaired) electrons. The van der Waals surface area contributed by atoms with E-state index in [9.17, 15) is 14.0 Å². The van der Waals surface area contributed by atoms with Gasteiger partial charge in [0.15, 0.2) is 5.82 Å². The summed E-state index contributed by atoms with van der Waals surface area (Å²) in [6, 6.07) is 7.76. The van der Waals surface area contributed by atoms with E-state index in [4.69, 9.17) is 4.74 Å². The van der Waals surface area contributed by atoms with Crippen molar-refractivity contribution in [2.45, 2.75) is 66.5 Å². The number of halogens is 2. The Kier molecular flexibility index (Phi) is 7.19. The van der Waals surface area contributed by atoms with E-state index in [0.29, 0.717) is 19.5 Å². The second-order valence-corrected chi connectivity index (χ2v) is 10.8. The molecule has 2 aromatic carbocycles. The average Bonchev–Trinajstić information content (AvgIpc) is 2.67. The Hall–Kier alpha value is -3.16. The normalized spacial score (nSPS) is 13.8. The van der Waals surface area contributed by atoms with Crippen LogP contribution in [-0.2, 0) is 22.5 Å². The maximum atomic E-state index is 15.8. The van der Waals surface area contributed by atoms with Crippen LogP contribution in [0.5, 0.6) is 0 Å². The van der Waals surface area contributed by atoms with Gasteiger partial charge in [-0.05, 0) is 68.0 Å². The van der Waals surface area contributed by atoms with E-state index in [0.717, 1.165) is 11.1 Å². The van der Waals surface area contributed by atoms with E-state index >= 15 is 4.39 Å². The van der Waals surface area contributed by atoms with Gasteiger partial charge in [0.1, 0.15) is 17.1 Å². The zero-order chi connectivity index (χ0) is 25.3. The smallest absolute Gasteiger partial charge is 0.412 e. The van der Waals surface area contributed by atoms with E-state index in [1.807, 2.05) is 25.7 Å². The lowest BCUT2D eigenvalue weighted by Gasteiger charge is -2.32. The molecule has 184 valence electrons. The van der Waals surface area contributed by atoms with Crippen molar-refractivity contribution in [2.75, 3.05) is 22.1 Å². The van der Waals surface area contributed by atoms with E-state index in [2.05, 4.69) is 10.6 Å². The number of benzene rings is 2. The monoisotopic (exact) mass is 473 g/mol. The number of fused-ring (bicyclic) bond motifs is 1. The SMILES string of the molecule is CC(C)(C)CC(=O)Nc1ccc(N2CCc3cc(F)ccc3C2)c(F)c1NC(=O)OC(C)(C)C. The zero-order valence-electron chi connectivity index (χ0n) is 20.6. The van der Waals surface area contributed by atoms with Gasteiger partial charge >= 0.3 is 6.09 Å². The summed E-state index contributed by atoms with van der Waals surface area (Å²) >= 11 is 0. The summed E-state index contributed by atoms with van der Waals surface area (Å²) in [4.78, 5) is 26.8. The van der Waals surface area contributed by atoms with Gasteiger partial charge in [0.25, 0.3) is 0 Å². The fourth-order valence-electron chi connectivity index (χ4n) is 3.84. The first kappa shape index (κ1) is 25.5. The lowest BCUT2D eigenvalue weighted by molar-refractivity contribution is -0.117. The highest BCUT2D eigenvalue weighted by molar-refractivity contribution is 5.99. The number of nitrogens with one attached hydrogen (secondary N) is 2. The molecule has 1 aliphatic rings. The summed E-state index contributed by atoms with van der Waals surface area (Å²) in [6.07, 6.45) is -0.0398. The van der Waals surface area contributed by atoms with Crippen molar-refractivity contribution in [3.05, 3.63) is 53.1 Å². The lowest BCUT2D eigenvalue weighted by atomic mass is 9.92. The Labute approximate surface area is 199 Å². The van der Waals surface area contributed by atoms with Crippen molar-refractivity contribution in [1.29, 1.82) is 0 Å². The van der Waals surface area contributed by atoms with Crippen LogP contribution in [0.25, 0.3) is 0 Å². The molecule has 2 N–H and O–H groups in total. The van der Waals surface area contributed by atoms with Crippen LogP contribution in [0.4, 0.5) is 30.6 Å². The summed E-state index contributed by atoms with van der Waals surface area (Å²) in [5, 5.41) is 5.20. The molecule has 0 unspecified atom stereocenters. The van der Waals surface area contributed by atoms with Crippen molar-refractivity contribution < 1.29 is 23.1 Å². The molecule has 34 heavy (non-hydrogen) atoms. The van der Waals surface area contributed by atoms with Gasteiger partial charge in [-0.15, -0.1) is 0 Å². The van der Waals surface area contributed by atoms with Gasteiger partial charge in [-0.1, -0.05) is 26.8 Å². The summed E-state index contributed by atoms with van der Waals surface area (Å²) < 4.78 is 34.7. The molecule has 0 spiro atoms. The highest BCUT2D eigenvalue weighted by Crippen LogP contribution is 2.36. The van der Waals surface area contributed by atoms with E-state index in [-0.39, 0.29) is 40.6 Å². The van der Waals surface area contributed by atoms with Gasteiger partial charge in [0, 0.05) is 19.5 Å². The van der Waals surface area contributed by atoms with Crippen molar-refractivity contribution in [2.24, 2.45) is 5.41 Å². The Morgan fingerprint density at radius 2 is 1.71 bits per heavy atom. The molecule has 0 aromatic heterocycles. The van der Waals surface area contributed by atoms with Gasteiger partial charge in [0.05, 0.1) is 11.4 Å². The van der Waals surface area contributed by atoms with Crippen LogP contribution in [0.3, 0.4) is 0 Å². The van der Waals surface area contributed by atoms with Crippen molar-refractivity contribution in [3.63, 3.8) is 0 Å². The largest absolute Gasteiger partial charge is 0.444 e. The first-order chi connectivity index (χ1) is 15.7. The molecule has 0 aliphatic carbocycles. The number of carbonyl (C=O) groups is 2. The second-order valence-electron chi connectivity index (χ2n) is 10.8. The van der Waals surface area contributed by atoms with Crippen LogP contribution in [0.15, 0.2) is 30.3 Å². The standard InChI is InChI=1S/C26H33F2N3O3/c1-25(2,3)14-21(32)29-19-9-10-20(22(28)23(19)30-24(33)34-26(4,5)6)31-12-11-16-13-18(27)8-7-17(16)15-31/h7-10,13H,11-12,14-15H2,1-6H3,(H,29,32)(H,30,33). The lowest BCUT2D eigenvalue weighted by Crippen LogP contribution is -2.32. The van der Waals surface area contributed by atoms with Crippen molar-refractivity contribution in [1.82, 2.24) is 0 Å². The molecular formula is C26H33F2N3O3. The third-order valence-electron chi connectivity index (χ3n) is 5.23. The third-order valence-corrected chi connectivity index (χ3v) is 5.23. The van der Waals surface area contributed by atoms with Crippen molar-refractivity contribution in [3.8, 4) is 0 Å². The van der Waals surface area contributed by atoms with Crippen molar-refractivity contribution >= 4 is 29.1 Å². The molecule has 1 heterocycles. The van der Waals surface area contributed by atoms with E-state index in [1.165, 1.54) is 12.1 Å². The molecule has 2 amide bonds. The van der Waals surface area contributed by atoms with Crippen LogP contribution in [-0.4, -0.2) is 24.1 Å². The maximum absolute atomic E-state index is 15.8. The maximum Gasteiger partial charge on any atom is 0.412 e. The number of ether oxygens (including phenoxy) is 1. The molecule has 1 aliphatic heterocycles. The van der Waals surface area contributed by atoms with Crippen LogP contribution in [0.1, 0.15) is 59.1 Å². The Morgan fingerprint density at radius 1 is 1.00 bits per heavy atom. The number of anilines is 3. The highest BCUT2D eigenvalue weighted by Gasteiger charge is 2.26. The number of nitrogens with zero attached hydrogens (tertiary/aromatic N) is 1. The molecule has 0 saturated heterocycles. The van der Waals surface area contributed by atoms with Crippen LogP contribution < -0.4 is 15.5 Å². The molecule has 0 bridgehead atoms. The summed E-state index contributed by atoms with van der Waals surface area (Å²) in [5.41, 5.74) is 1.04. The quantitative estimate of drug-likeness (QED) is 0.551. The fraction of sp³-hybridized carbons (Fsp3) is 0.462. The Morgan fingerprint density at radius 3 is 2.35 bits per heavy atom. The van der Waals surface area contributed by atoms with E-state index < -0.39 is 17.5 Å². The minimum absolute atomic E-state index is 0.154. The summed E-state index contributed by atoms with van der Waals surface area (Å²) in [6.45, 7) is 11.8. The van der Waals surface area contributed by atoms with Gasteiger partial charge in [-0.2, -0.15) is 0 Å². The van der Waals surface area contributed by atoms with Gasteiger partial charge in [-0.25, -0.2) is 13.6 Å². The minimum atomic E-state index is -0.825. The minimum Gasteiger partial charge on any atom is -0.444 e. The van der Waals surface area contributed by atoms with Crippen LogP contribution in [0.2, 0.25) is 0 Å². The Bertz CT molecular complexity index is 1090. The first-order valence-corrected chi connectivity index (χ1v) is 11.4. The molecule has 3 rings (SSSR count). The number of hydrogen-bond donors (Lipinski definition) is 2. The molecule has 6 nitrogen and oxygen atoms in total. The van der Waals surface area contributed by atoms with Gasteiger partial charge in [-0.3, -0.25) is 10.1 Å². The van der Waals surface area contributed by atoms with Gasteiger partial charge in [0.2, 0.25) is 5.91 Å². The molecule has 0 saturated carbocycles. The molecule has 8 heteroatoms. The fourth-order valence-corrected chi connectivity index (χ4v) is 3.84. The molecular weight excluding hydrogens is 440 g/mol. The predicted octanol–water partition coefficient (Wildman–Crippen LogP) is 6.25. The summed E-state index contributed by atoms with van der Waals surface area (Å²) in [5.74, 6) is -1.26. The molecule has 2 aromatic rings. The van der Waals surface area contributed by atoms with Gasteiger partial charge < -0.3 is 15.0 Å².